The smallest absolute Gasteiger partial charge is 0.313 e. The van der Waals surface area contributed by atoms with E-state index in [1.807, 2.05) is 61.6 Å². The summed E-state index contributed by atoms with van der Waals surface area (Å²) >= 11 is 0. The van der Waals surface area contributed by atoms with Crippen molar-refractivity contribution in [2.45, 2.75) is 75.7 Å². The number of hydrogen-bond acceptors (Lipinski definition) is 6. The van der Waals surface area contributed by atoms with E-state index in [9.17, 15) is 19.5 Å². The number of amides is 2. The molecule has 39 heavy (non-hydrogen) atoms. The van der Waals surface area contributed by atoms with Crippen molar-refractivity contribution in [3.63, 3.8) is 0 Å². The second-order valence-corrected chi connectivity index (χ2v) is 11.4. The SMILES string of the molecule is CCCCN1CC=C[C@]23O[C@]4(C)/C=C\CCCCOC(=O)[C@@H]4[C@H]2C(=O)N([C@@H](CO)Cc2ccccc2)C3C1=O. The predicted octanol–water partition coefficient (Wildman–Crippen LogP) is 3.04. The van der Waals surface area contributed by atoms with Crippen LogP contribution in [0.4, 0.5) is 0 Å². The van der Waals surface area contributed by atoms with E-state index >= 15 is 0 Å². The lowest BCUT2D eigenvalue weighted by atomic mass is 9.74. The standard InChI is InChI=1S/C31H40N2O6/c1-3-4-17-32-18-12-16-31-24(25-29(37)38-19-11-6-5-10-15-30(25,2)39-31)27(35)33(26(31)28(32)36)23(21-34)20-22-13-8-7-9-14-22/h7-10,12-16,23-26,34H,3-6,11,17-21H2,1-2H3/b15-10-/t23-,24+,25+,26?,30-,31+/m1/s1. The molecule has 0 aliphatic carbocycles. The van der Waals surface area contributed by atoms with Crippen LogP contribution in [-0.2, 0) is 30.3 Å². The van der Waals surface area contributed by atoms with Crippen LogP contribution in [-0.4, -0.2) is 82.3 Å². The molecular weight excluding hydrogens is 496 g/mol. The second-order valence-electron chi connectivity index (χ2n) is 11.4. The maximum absolute atomic E-state index is 14.5. The predicted molar refractivity (Wildman–Crippen MR) is 145 cm³/mol. The maximum atomic E-state index is 14.5. The minimum atomic E-state index is -1.35. The van der Waals surface area contributed by atoms with Gasteiger partial charge in [-0.2, -0.15) is 0 Å². The summed E-state index contributed by atoms with van der Waals surface area (Å²) in [5.74, 6) is -2.89. The van der Waals surface area contributed by atoms with E-state index in [4.69, 9.17) is 9.47 Å². The summed E-state index contributed by atoms with van der Waals surface area (Å²) in [4.78, 5) is 45.8. The number of aliphatic hydroxyl groups is 1. The molecule has 1 aromatic carbocycles. The van der Waals surface area contributed by atoms with Gasteiger partial charge in [0.05, 0.1) is 30.8 Å². The van der Waals surface area contributed by atoms with Gasteiger partial charge in [0.25, 0.3) is 0 Å². The first-order valence-electron chi connectivity index (χ1n) is 14.3. The van der Waals surface area contributed by atoms with Crippen molar-refractivity contribution in [1.82, 2.24) is 9.80 Å². The topological polar surface area (TPSA) is 96.4 Å². The van der Waals surface area contributed by atoms with Gasteiger partial charge in [0, 0.05) is 13.1 Å². The van der Waals surface area contributed by atoms with E-state index < -0.39 is 41.1 Å². The van der Waals surface area contributed by atoms with Crippen LogP contribution in [0, 0.1) is 11.8 Å². The lowest BCUT2D eigenvalue weighted by molar-refractivity contribution is -0.161. The fourth-order valence-electron chi connectivity index (χ4n) is 6.86. The Morgan fingerprint density at radius 1 is 1.05 bits per heavy atom. The number of fused-ring (bicyclic) bond motifs is 2. The highest BCUT2D eigenvalue weighted by molar-refractivity contribution is 5.99. The van der Waals surface area contributed by atoms with Crippen molar-refractivity contribution in [3.05, 3.63) is 60.2 Å². The summed E-state index contributed by atoms with van der Waals surface area (Å²) in [6, 6.07) is 7.97. The molecule has 8 heteroatoms. The highest BCUT2D eigenvalue weighted by Crippen LogP contribution is 2.57. The van der Waals surface area contributed by atoms with Crippen LogP contribution in [0.1, 0.15) is 51.5 Å². The summed E-state index contributed by atoms with van der Waals surface area (Å²) in [5, 5.41) is 10.6. The molecule has 1 unspecified atom stereocenters. The number of hydrogen-bond donors (Lipinski definition) is 1. The van der Waals surface area contributed by atoms with Crippen molar-refractivity contribution < 1.29 is 29.0 Å². The summed E-state index contributed by atoms with van der Waals surface area (Å²) in [7, 11) is 0. The van der Waals surface area contributed by atoms with E-state index in [1.165, 1.54) is 4.90 Å². The van der Waals surface area contributed by atoms with Crippen LogP contribution in [0.3, 0.4) is 0 Å². The summed E-state index contributed by atoms with van der Waals surface area (Å²) in [6.07, 6.45) is 12.2. The molecule has 0 saturated carbocycles. The molecule has 4 heterocycles. The number of ether oxygens (including phenoxy) is 2. The first kappa shape index (κ1) is 27.6. The Labute approximate surface area is 230 Å². The Balaban J connectivity index is 1.63. The Bertz CT molecular complexity index is 1140. The number of unbranched alkanes of at least 4 members (excludes halogenated alkanes) is 1. The molecule has 1 aromatic rings. The third-order valence-electron chi connectivity index (χ3n) is 8.72. The zero-order valence-electron chi connectivity index (χ0n) is 23.0. The number of rotatable bonds is 7. The second kappa shape index (κ2) is 11.3. The molecule has 6 atom stereocenters. The van der Waals surface area contributed by atoms with Crippen molar-refractivity contribution >= 4 is 17.8 Å². The molecule has 5 rings (SSSR count). The van der Waals surface area contributed by atoms with Crippen LogP contribution < -0.4 is 0 Å². The van der Waals surface area contributed by atoms with Gasteiger partial charge >= 0.3 is 5.97 Å². The average molecular weight is 537 g/mol. The number of likely N-dealkylation sites (tertiary alicyclic amines) is 1. The third-order valence-corrected chi connectivity index (χ3v) is 8.72. The number of allylic oxidation sites excluding steroid dienone is 1. The fourth-order valence-corrected chi connectivity index (χ4v) is 6.86. The molecule has 4 aliphatic heterocycles. The number of carbonyl (C=O) groups excluding carboxylic acids is 3. The van der Waals surface area contributed by atoms with E-state index in [0.29, 0.717) is 19.5 Å². The molecule has 4 aliphatic rings. The summed E-state index contributed by atoms with van der Waals surface area (Å²) in [5.41, 5.74) is -1.52. The van der Waals surface area contributed by atoms with E-state index in [-0.39, 0.29) is 25.0 Å². The zero-order chi connectivity index (χ0) is 27.6. The Kier molecular flexibility index (Phi) is 7.96. The van der Waals surface area contributed by atoms with Crippen molar-refractivity contribution in [2.24, 2.45) is 11.8 Å². The Morgan fingerprint density at radius 3 is 2.59 bits per heavy atom. The van der Waals surface area contributed by atoms with Crippen molar-refractivity contribution in [1.29, 1.82) is 0 Å². The van der Waals surface area contributed by atoms with Gasteiger partial charge in [-0.1, -0.05) is 68.0 Å². The van der Waals surface area contributed by atoms with Gasteiger partial charge in [-0.3, -0.25) is 14.4 Å². The number of cyclic esters (lactones) is 1. The van der Waals surface area contributed by atoms with Gasteiger partial charge in [-0.25, -0.2) is 0 Å². The minimum absolute atomic E-state index is 0.208. The molecule has 8 nitrogen and oxygen atoms in total. The zero-order valence-corrected chi connectivity index (χ0v) is 23.0. The Morgan fingerprint density at radius 2 is 1.85 bits per heavy atom. The quantitative estimate of drug-likeness (QED) is 0.425. The molecule has 2 fully saturated rings. The number of carbonyl (C=O) groups is 3. The van der Waals surface area contributed by atoms with Gasteiger partial charge in [0.2, 0.25) is 11.8 Å². The van der Waals surface area contributed by atoms with Crippen LogP contribution in [0.2, 0.25) is 0 Å². The number of benzene rings is 1. The molecule has 2 amide bonds. The molecule has 0 radical (unpaired) electrons. The van der Waals surface area contributed by atoms with E-state index in [0.717, 1.165) is 37.7 Å². The molecule has 0 aromatic heterocycles. The monoisotopic (exact) mass is 536 g/mol. The van der Waals surface area contributed by atoms with Gasteiger partial charge in [0.15, 0.2) is 0 Å². The van der Waals surface area contributed by atoms with Gasteiger partial charge in [0.1, 0.15) is 17.6 Å². The number of nitrogens with zero attached hydrogens (tertiary/aromatic N) is 2. The van der Waals surface area contributed by atoms with E-state index in [1.54, 1.807) is 4.90 Å². The van der Waals surface area contributed by atoms with Crippen molar-refractivity contribution in [3.8, 4) is 0 Å². The normalized spacial score (nSPS) is 34.1. The van der Waals surface area contributed by atoms with Crippen LogP contribution in [0.15, 0.2) is 54.6 Å². The highest BCUT2D eigenvalue weighted by Gasteiger charge is 2.75. The van der Waals surface area contributed by atoms with Gasteiger partial charge in [-0.15, -0.1) is 0 Å². The lowest BCUT2D eigenvalue weighted by Gasteiger charge is -2.40. The first-order chi connectivity index (χ1) is 18.9. The number of esters is 1. The van der Waals surface area contributed by atoms with Gasteiger partial charge in [-0.05, 0) is 44.6 Å². The maximum Gasteiger partial charge on any atom is 0.313 e. The van der Waals surface area contributed by atoms with Crippen LogP contribution in [0.25, 0.3) is 0 Å². The lowest BCUT2D eigenvalue weighted by Crippen LogP contribution is -2.59. The minimum Gasteiger partial charge on any atom is -0.465 e. The average Bonchev–Trinajstić information content (AvgIpc) is 3.27. The largest absolute Gasteiger partial charge is 0.465 e. The van der Waals surface area contributed by atoms with Gasteiger partial charge < -0.3 is 24.4 Å². The first-order valence-corrected chi connectivity index (χ1v) is 14.3. The fraction of sp³-hybridized carbons (Fsp3) is 0.581. The van der Waals surface area contributed by atoms with Crippen LogP contribution in [0.5, 0.6) is 0 Å². The van der Waals surface area contributed by atoms with E-state index in [2.05, 4.69) is 6.92 Å². The molecule has 1 N–H and O–H groups in total. The van der Waals surface area contributed by atoms with Crippen LogP contribution >= 0.6 is 0 Å². The number of aliphatic hydroxyl groups excluding tert-OH is 1. The Hall–Kier alpha value is -2.97. The third kappa shape index (κ3) is 4.82. The highest BCUT2D eigenvalue weighted by atomic mass is 16.6. The molecular formula is C31H40N2O6. The summed E-state index contributed by atoms with van der Waals surface area (Å²) < 4.78 is 12.5. The molecule has 1 spiro atoms. The molecule has 0 bridgehead atoms. The van der Waals surface area contributed by atoms with Crippen molar-refractivity contribution in [2.75, 3.05) is 26.3 Å². The molecule has 2 saturated heterocycles. The summed E-state index contributed by atoms with van der Waals surface area (Å²) in [6.45, 7) is 4.82. The molecule has 210 valence electrons.